The van der Waals surface area contributed by atoms with Crippen LogP contribution in [0.25, 0.3) is 0 Å². The Morgan fingerprint density at radius 3 is 1.68 bits per heavy atom. The lowest BCUT2D eigenvalue weighted by molar-refractivity contribution is 0.235. The summed E-state index contributed by atoms with van der Waals surface area (Å²) in [5.74, 6) is 0. The molecule has 0 spiro atoms. The fourth-order valence-corrected chi connectivity index (χ4v) is 1.82. The third-order valence-electron chi connectivity index (χ3n) is 2.04. The van der Waals surface area contributed by atoms with Gasteiger partial charge in [-0.2, -0.15) is 16.8 Å². The van der Waals surface area contributed by atoms with E-state index in [1.165, 1.54) is 0 Å². The molecule has 0 atom stereocenters. The largest absolute Gasteiger partial charge is 0.399 e. The monoisotopic (exact) mass is 310 g/mol. The van der Waals surface area contributed by atoms with Gasteiger partial charge in [0, 0.05) is 0 Å². The van der Waals surface area contributed by atoms with Crippen molar-refractivity contribution in [3.8, 4) is 0 Å². The van der Waals surface area contributed by atoms with Crippen molar-refractivity contribution < 1.29 is 29.4 Å². The minimum Gasteiger partial charge on any atom is -0.265 e. The predicted octanol–water partition coefficient (Wildman–Crippen LogP) is 0.571. The third kappa shape index (κ3) is 6.64. The summed E-state index contributed by atoms with van der Waals surface area (Å²) in [5, 5.41) is 0. The van der Waals surface area contributed by atoms with E-state index in [2.05, 4.69) is 12.5 Å². The van der Waals surface area contributed by atoms with Gasteiger partial charge in [0.25, 0.3) is 10.1 Å². The Morgan fingerprint density at radius 1 is 0.895 bits per heavy atom. The van der Waals surface area contributed by atoms with Crippen LogP contribution in [0.5, 0.6) is 0 Å². The maximum absolute atomic E-state index is 10.9. The Labute approximate surface area is 112 Å². The molecular formula is C10H14O7S2. The van der Waals surface area contributed by atoms with Crippen LogP contribution >= 0.6 is 0 Å². The van der Waals surface area contributed by atoms with Crippen molar-refractivity contribution >= 4 is 20.5 Å². The molecule has 9 heteroatoms. The molecule has 0 aliphatic carbocycles. The third-order valence-corrected chi connectivity index (χ3v) is 3.40. The lowest BCUT2D eigenvalue weighted by atomic mass is 10.1. The molecular weight excluding hydrogens is 296 g/mol. The minimum atomic E-state index is -3.96. The average molecular weight is 310 g/mol. The predicted molar refractivity (Wildman–Crippen MR) is 66.8 cm³/mol. The van der Waals surface area contributed by atoms with E-state index in [1.54, 1.807) is 24.3 Å². The Morgan fingerprint density at radius 2 is 1.32 bits per heavy atom. The van der Waals surface area contributed by atoms with Crippen molar-refractivity contribution in [2.75, 3.05) is 13.4 Å². The van der Waals surface area contributed by atoms with E-state index in [9.17, 15) is 16.8 Å². The van der Waals surface area contributed by atoms with E-state index < -0.39 is 20.5 Å². The number of hydrogen-bond acceptors (Lipinski definition) is 7. The van der Waals surface area contributed by atoms with Gasteiger partial charge in [-0.3, -0.25) is 8.37 Å². The molecule has 0 radical (unpaired) electrons. The second-order valence-corrected chi connectivity index (χ2v) is 6.65. The van der Waals surface area contributed by atoms with Crippen LogP contribution in [0.3, 0.4) is 0 Å². The molecule has 0 amide bonds. The summed E-state index contributed by atoms with van der Waals surface area (Å²) in [4.78, 5) is 0. The first-order chi connectivity index (χ1) is 8.72. The van der Waals surface area contributed by atoms with Gasteiger partial charge in [-0.25, -0.2) is 4.18 Å². The molecule has 0 unspecified atom stereocenters. The van der Waals surface area contributed by atoms with Crippen LogP contribution < -0.4 is 0 Å². The molecule has 0 saturated carbocycles. The highest BCUT2D eigenvalue weighted by Gasteiger charge is 2.09. The van der Waals surface area contributed by atoms with E-state index in [4.69, 9.17) is 0 Å². The van der Waals surface area contributed by atoms with Crippen molar-refractivity contribution in [1.29, 1.82) is 0 Å². The van der Waals surface area contributed by atoms with E-state index in [0.29, 0.717) is 11.1 Å². The minimum absolute atomic E-state index is 0.0731. The summed E-state index contributed by atoms with van der Waals surface area (Å²) in [7, 11) is -6.45. The zero-order valence-electron chi connectivity index (χ0n) is 10.4. The van der Waals surface area contributed by atoms with Gasteiger partial charge in [-0.15, -0.1) is 0 Å². The zero-order valence-corrected chi connectivity index (χ0v) is 12.0. The first-order valence-electron chi connectivity index (χ1n) is 5.09. The van der Waals surface area contributed by atoms with Crippen LogP contribution in [-0.4, -0.2) is 30.2 Å². The lowest BCUT2D eigenvalue weighted by Crippen LogP contribution is -2.07. The Bertz CT molecular complexity index is 602. The average Bonchev–Trinajstić information content (AvgIpc) is 2.34. The Hall–Kier alpha value is -1.00. The van der Waals surface area contributed by atoms with Crippen LogP contribution in [0.4, 0.5) is 0 Å². The van der Waals surface area contributed by atoms with Gasteiger partial charge in [0.05, 0.1) is 26.6 Å². The molecule has 1 rings (SSSR count). The molecule has 108 valence electrons. The molecule has 0 bridgehead atoms. The number of hydrogen-bond donors (Lipinski definition) is 0. The number of rotatable bonds is 7. The van der Waals surface area contributed by atoms with Gasteiger partial charge >= 0.3 is 10.4 Å². The summed E-state index contributed by atoms with van der Waals surface area (Å²) < 4.78 is 56.7. The number of benzene rings is 1. The highest BCUT2D eigenvalue weighted by Crippen LogP contribution is 2.09. The van der Waals surface area contributed by atoms with E-state index in [1.807, 2.05) is 0 Å². The molecule has 0 aliphatic heterocycles. The van der Waals surface area contributed by atoms with E-state index in [-0.39, 0.29) is 13.2 Å². The highest BCUT2D eigenvalue weighted by atomic mass is 32.3. The van der Waals surface area contributed by atoms with Crippen LogP contribution in [0.15, 0.2) is 24.3 Å². The van der Waals surface area contributed by atoms with Crippen molar-refractivity contribution in [2.45, 2.75) is 13.2 Å². The van der Waals surface area contributed by atoms with Crippen LogP contribution in [0, 0.1) is 0 Å². The second-order valence-electron chi connectivity index (χ2n) is 3.62. The van der Waals surface area contributed by atoms with Gasteiger partial charge in [-0.05, 0) is 11.1 Å². The Balaban J connectivity index is 2.57. The van der Waals surface area contributed by atoms with Crippen LogP contribution in [0.1, 0.15) is 11.1 Å². The summed E-state index contributed by atoms with van der Waals surface area (Å²) in [6, 6.07) is 6.44. The fraction of sp³-hybridized carbons (Fsp3) is 0.400. The summed E-state index contributed by atoms with van der Waals surface area (Å²) in [6.07, 6.45) is 0.963. The SMILES string of the molecule is COS(=O)(=O)OCc1ccc(COS(C)(=O)=O)cc1. The molecule has 0 N–H and O–H groups in total. The van der Waals surface area contributed by atoms with Gasteiger partial charge in [-0.1, -0.05) is 24.3 Å². The fourth-order valence-electron chi connectivity index (χ4n) is 1.10. The van der Waals surface area contributed by atoms with Crippen molar-refractivity contribution in [1.82, 2.24) is 0 Å². The van der Waals surface area contributed by atoms with Crippen LogP contribution in [0.2, 0.25) is 0 Å². The standard InChI is InChI=1S/C10H14O7S2/c1-15-19(13,14)17-8-10-5-3-9(4-6-10)7-16-18(2,11)12/h3-6H,7-8H2,1-2H3. The molecule has 0 aromatic heterocycles. The van der Waals surface area contributed by atoms with E-state index >= 15 is 0 Å². The molecule has 0 heterocycles. The van der Waals surface area contributed by atoms with Gasteiger partial charge < -0.3 is 0 Å². The van der Waals surface area contributed by atoms with Crippen LogP contribution in [-0.2, 0) is 46.3 Å². The maximum atomic E-state index is 10.9. The zero-order chi connectivity index (χ0) is 14.5. The molecule has 19 heavy (non-hydrogen) atoms. The molecule has 7 nitrogen and oxygen atoms in total. The highest BCUT2D eigenvalue weighted by molar-refractivity contribution is 7.85. The molecule has 1 aromatic carbocycles. The Kier molecular flexibility index (Phi) is 5.44. The summed E-state index contributed by atoms with van der Waals surface area (Å²) in [6.45, 7) is -0.236. The molecule has 1 aromatic rings. The second kappa shape index (κ2) is 6.44. The van der Waals surface area contributed by atoms with E-state index in [0.717, 1.165) is 13.4 Å². The maximum Gasteiger partial charge on any atom is 0.399 e. The molecule has 0 fully saturated rings. The summed E-state index contributed by atoms with van der Waals surface area (Å²) in [5.41, 5.74) is 1.24. The molecule has 0 saturated heterocycles. The normalized spacial score (nSPS) is 12.5. The van der Waals surface area contributed by atoms with Gasteiger partial charge in [0.1, 0.15) is 0 Å². The van der Waals surface area contributed by atoms with Gasteiger partial charge in [0.2, 0.25) is 0 Å². The summed E-state index contributed by atoms with van der Waals surface area (Å²) >= 11 is 0. The topological polar surface area (TPSA) is 96.0 Å². The lowest BCUT2D eigenvalue weighted by Gasteiger charge is -2.05. The quantitative estimate of drug-likeness (QED) is 0.679. The van der Waals surface area contributed by atoms with Crippen molar-refractivity contribution in [2.24, 2.45) is 0 Å². The first kappa shape index (κ1) is 16.1. The molecule has 0 aliphatic rings. The first-order valence-corrected chi connectivity index (χ1v) is 8.24. The van der Waals surface area contributed by atoms with Crippen molar-refractivity contribution in [3.63, 3.8) is 0 Å². The van der Waals surface area contributed by atoms with Gasteiger partial charge in [0.15, 0.2) is 0 Å². The smallest absolute Gasteiger partial charge is 0.265 e. The van der Waals surface area contributed by atoms with Crippen molar-refractivity contribution in [3.05, 3.63) is 35.4 Å².